The topological polar surface area (TPSA) is 32.3 Å². The summed E-state index contributed by atoms with van der Waals surface area (Å²) in [5, 5.41) is 13.1. The molecular formula is C19H17NO. The molecular weight excluding hydrogens is 258 g/mol. The molecule has 0 aliphatic carbocycles. The van der Waals surface area contributed by atoms with Crippen molar-refractivity contribution in [3.63, 3.8) is 0 Å². The van der Waals surface area contributed by atoms with Gasteiger partial charge in [0.15, 0.2) is 0 Å². The lowest BCUT2D eigenvalue weighted by atomic mass is 9.98. The molecule has 0 aromatic heterocycles. The van der Waals surface area contributed by atoms with Crippen molar-refractivity contribution in [2.45, 2.75) is 6.04 Å². The fraction of sp³-hybridized carbons (Fsp3) is 0.0526. The fourth-order valence-electron chi connectivity index (χ4n) is 2.41. The first-order valence-electron chi connectivity index (χ1n) is 6.98. The van der Waals surface area contributed by atoms with Crippen LogP contribution < -0.4 is 5.32 Å². The number of anilines is 1. The van der Waals surface area contributed by atoms with E-state index >= 15 is 0 Å². The van der Waals surface area contributed by atoms with Crippen LogP contribution in [-0.2, 0) is 0 Å². The molecule has 0 aliphatic heterocycles. The Hall–Kier alpha value is -2.74. The highest BCUT2D eigenvalue weighted by Gasteiger charge is 2.13. The lowest BCUT2D eigenvalue weighted by Gasteiger charge is -2.21. The average Bonchev–Trinajstić information content (AvgIpc) is 2.54. The molecule has 0 radical (unpaired) electrons. The molecule has 3 rings (SSSR count). The van der Waals surface area contributed by atoms with Gasteiger partial charge in [0, 0.05) is 11.8 Å². The maximum absolute atomic E-state index is 9.63. The van der Waals surface area contributed by atoms with Gasteiger partial charge in [0.05, 0.1) is 6.04 Å². The third-order valence-electron chi connectivity index (χ3n) is 3.42. The molecule has 0 bridgehead atoms. The standard InChI is InChI=1S/C19H17NO/c21-18-13-7-12-17(14-18)20-19(15-8-3-1-4-9-15)16-10-5-2-6-11-16/h1-14,19-21H. The second-order valence-corrected chi connectivity index (χ2v) is 4.95. The van der Waals surface area contributed by atoms with Gasteiger partial charge in [0.1, 0.15) is 5.75 Å². The molecule has 2 heteroatoms. The van der Waals surface area contributed by atoms with E-state index < -0.39 is 0 Å². The summed E-state index contributed by atoms with van der Waals surface area (Å²) in [6, 6.07) is 27.8. The van der Waals surface area contributed by atoms with Crippen LogP contribution in [0.1, 0.15) is 17.2 Å². The molecule has 2 nitrogen and oxygen atoms in total. The smallest absolute Gasteiger partial charge is 0.117 e. The van der Waals surface area contributed by atoms with E-state index in [0.717, 1.165) is 5.69 Å². The molecule has 104 valence electrons. The quantitative estimate of drug-likeness (QED) is 0.729. The molecule has 0 fully saturated rings. The van der Waals surface area contributed by atoms with Crippen LogP contribution in [-0.4, -0.2) is 5.11 Å². The third-order valence-corrected chi connectivity index (χ3v) is 3.42. The van der Waals surface area contributed by atoms with Gasteiger partial charge < -0.3 is 10.4 Å². The highest BCUT2D eigenvalue weighted by atomic mass is 16.3. The van der Waals surface area contributed by atoms with Crippen molar-refractivity contribution in [1.29, 1.82) is 0 Å². The molecule has 0 heterocycles. The van der Waals surface area contributed by atoms with Crippen molar-refractivity contribution >= 4 is 5.69 Å². The van der Waals surface area contributed by atoms with Gasteiger partial charge in [-0.3, -0.25) is 0 Å². The molecule has 0 saturated carbocycles. The van der Waals surface area contributed by atoms with E-state index in [1.165, 1.54) is 11.1 Å². The van der Waals surface area contributed by atoms with Crippen LogP contribution in [0.3, 0.4) is 0 Å². The van der Waals surface area contributed by atoms with Crippen molar-refractivity contribution in [2.24, 2.45) is 0 Å². The van der Waals surface area contributed by atoms with Gasteiger partial charge in [-0.2, -0.15) is 0 Å². The molecule has 0 amide bonds. The number of aromatic hydroxyl groups is 1. The van der Waals surface area contributed by atoms with Crippen molar-refractivity contribution in [3.05, 3.63) is 96.1 Å². The lowest BCUT2D eigenvalue weighted by molar-refractivity contribution is 0.475. The Kier molecular flexibility index (Phi) is 3.88. The highest BCUT2D eigenvalue weighted by molar-refractivity contribution is 5.52. The minimum atomic E-state index is 0.0502. The average molecular weight is 275 g/mol. The summed E-state index contributed by atoms with van der Waals surface area (Å²) in [5.41, 5.74) is 3.27. The van der Waals surface area contributed by atoms with Crippen LogP contribution in [0.25, 0.3) is 0 Å². The van der Waals surface area contributed by atoms with Crippen LogP contribution in [0.5, 0.6) is 5.75 Å². The fourth-order valence-corrected chi connectivity index (χ4v) is 2.41. The summed E-state index contributed by atoms with van der Waals surface area (Å²) in [4.78, 5) is 0. The molecule has 0 unspecified atom stereocenters. The predicted octanol–water partition coefficient (Wildman–Crippen LogP) is 4.59. The Bertz CT molecular complexity index is 656. The van der Waals surface area contributed by atoms with Crippen molar-refractivity contribution in [3.8, 4) is 5.75 Å². The van der Waals surface area contributed by atoms with Crippen LogP contribution in [0.2, 0.25) is 0 Å². The van der Waals surface area contributed by atoms with Gasteiger partial charge in [-0.25, -0.2) is 0 Å². The van der Waals surface area contributed by atoms with Crippen LogP contribution in [0.4, 0.5) is 5.69 Å². The Balaban J connectivity index is 1.97. The first-order valence-corrected chi connectivity index (χ1v) is 6.98. The largest absolute Gasteiger partial charge is 0.508 e. The molecule has 0 saturated heterocycles. The number of nitrogens with one attached hydrogen (secondary N) is 1. The third kappa shape index (κ3) is 3.23. The number of phenolic OH excluding ortho intramolecular Hbond substituents is 1. The zero-order chi connectivity index (χ0) is 14.5. The molecule has 0 atom stereocenters. The van der Waals surface area contributed by atoms with Gasteiger partial charge in [0.2, 0.25) is 0 Å². The Morgan fingerprint density at radius 1 is 0.667 bits per heavy atom. The number of rotatable bonds is 4. The zero-order valence-electron chi connectivity index (χ0n) is 11.6. The number of hydrogen-bond donors (Lipinski definition) is 2. The summed E-state index contributed by atoms with van der Waals surface area (Å²) >= 11 is 0. The minimum absolute atomic E-state index is 0.0502. The molecule has 21 heavy (non-hydrogen) atoms. The highest BCUT2D eigenvalue weighted by Crippen LogP contribution is 2.27. The van der Waals surface area contributed by atoms with Crippen LogP contribution in [0.15, 0.2) is 84.9 Å². The van der Waals surface area contributed by atoms with Crippen molar-refractivity contribution in [2.75, 3.05) is 5.32 Å². The number of benzene rings is 3. The van der Waals surface area contributed by atoms with E-state index in [1.54, 1.807) is 12.1 Å². The molecule has 0 spiro atoms. The molecule has 3 aromatic carbocycles. The van der Waals surface area contributed by atoms with E-state index in [9.17, 15) is 5.11 Å². The normalized spacial score (nSPS) is 10.5. The molecule has 3 aromatic rings. The summed E-state index contributed by atoms with van der Waals surface area (Å²) in [7, 11) is 0. The summed E-state index contributed by atoms with van der Waals surface area (Å²) in [5.74, 6) is 0.264. The molecule has 2 N–H and O–H groups in total. The Labute approximate surface area is 124 Å². The Morgan fingerprint density at radius 3 is 1.76 bits per heavy atom. The van der Waals surface area contributed by atoms with E-state index in [0.29, 0.717) is 0 Å². The molecule has 0 aliphatic rings. The van der Waals surface area contributed by atoms with E-state index in [4.69, 9.17) is 0 Å². The number of hydrogen-bond acceptors (Lipinski definition) is 2. The second kappa shape index (κ2) is 6.14. The van der Waals surface area contributed by atoms with E-state index in [2.05, 4.69) is 29.6 Å². The van der Waals surface area contributed by atoms with Gasteiger partial charge in [0.25, 0.3) is 0 Å². The van der Waals surface area contributed by atoms with E-state index in [1.807, 2.05) is 48.5 Å². The predicted molar refractivity (Wildman–Crippen MR) is 86.5 cm³/mol. The number of phenols is 1. The monoisotopic (exact) mass is 275 g/mol. The maximum Gasteiger partial charge on any atom is 0.117 e. The van der Waals surface area contributed by atoms with Gasteiger partial charge in [-0.15, -0.1) is 0 Å². The summed E-state index contributed by atoms with van der Waals surface area (Å²) in [6.07, 6.45) is 0. The van der Waals surface area contributed by atoms with E-state index in [-0.39, 0.29) is 11.8 Å². The summed E-state index contributed by atoms with van der Waals surface area (Å²) in [6.45, 7) is 0. The lowest BCUT2D eigenvalue weighted by Crippen LogP contribution is -2.12. The van der Waals surface area contributed by atoms with Crippen LogP contribution >= 0.6 is 0 Å². The zero-order valence-corrected chi connectivity index (χ0v) is 11.6. The summed E-state index contributed by atoms with van der Waals surface area (Å²) < 4.78 is 0. The van der Waals surface area contributed by atoms with Gasteiger partial charge in [-0.1, -0.05) is 66.7 Å². The SMILES string of the molecule is Oc1cccc(NC(c2ccccc2)c2ccccc2)c1. The van der Waals surface area contributed by atoms with Crippen molar-refractivity contribution in [1.82, 2.24) is 0 Å². The van der Waals surface area contributed by atoms with Gasteiger partial charge >= 0.3 is 0 Å². The second-order valence-electron chi connectivity index (χ2n) is 4.95. The van der Waals surface area contributed by atoms with Crippen LogP contribution in [0, 0.1) is 0 Å². The van der Waals surface area contributed by atoms with Gasteiger partial charge in [-0.05, 0) is 23.3 Å². The van der Waals surface area contributed by atoms with Crippen molar-refractivity contribution < 1.29 is 5.11 Å². The maximum atomic E-state index is 9.63. The first-order chi connectivity index (χ1) is 10.3. The Morgan fingerprint density at radius 2 is 1.24 bits per heavy atom. The first kappa shape index (κ1) is 13.3. The minimum Gasteiger partial charge on any atom is -0.508 e.